The summed E-state index contributed by atoms with van der Waals surface area (Å²) in [4.78, 5) is 61.2. The molecule has 4 aromatic carbocycles. The van der Waals surface area contributed by atoms with Gasteiger partial charge in [0.25, 0.3) is 5.91 Å². The molecule has 0 spiro atoms. The summed E-state index contributed by atoms with van der Waals surface area (Å²) in [5.74, 6) is -1.13. The summed E-state index contributed by atoms with van der Waals surface area (Å²) in [7, 11) is 1.64. The van der Waals surface area contributed by atoms with Crippen molar-refractivity contribution in [3.05, 3.63) is 116 Å². The van der Waals surface area contributed by atoms with Gasteiger partial charge in [0.15, 0.2) is 10.9 Å². The predicted molar refractivity (Wildman–Crippen MR) is 293 cm³/mol. The maximum atomic E-state index is 12.7. The van der Waals surface area contributed by atoms with Crippen molar-refractivity contribution in [3.8, 4) is 17.2 Å². The van der Waals surface area contributed by atoms with Crippen LogP contribution in [0, 0.1) is 6.92 Å². The zero-order valence-electron chi connectivity index (χ0n) is 42.8. The van der Waals surface area contributed by atoms with Crippen LogP contribution in [0.5, 0.6) is 17.2 Å². The van der Waals surface area contributed by atoms with E-state index in [1.165, 1.54) is 12.1 Å². The summed E-state index contributed by atoms with van der Waals surface area (Å²) in [6.45, 7) is 16.8. The number of anilines is 4. The molecule has 16 nitrogen and oxygen atoms in total. The van der Waals surface area contributed by atoms with Gasteiger partial charge >= 0.3 is 18.1 Å². The number of benzene rings is 4. The highest BCUT2D eigenvalue weighted by Crippen LogP contribution is 2.38. The average molecular weight is 1180 g/mol. The maximum absolute atomic E-state index is 12.7. The first-order valence-electron chi connectivity index (χ1n) is 23.3. The minimum Gasteiger partial charge on any atom is -0.489 e. The van der Waals surface area contributed by atoms with Crippen molar-refractivity contribution in [3.63, 3.8) is 0 Å². The molecule has 6 rings (SSSR count). The standard InChI is InChI=1S/C17H11Cl2F3O5.C15H22ClNO2.C11H11Cl2NO2.C8H14ClN5/c1-8(15(23)24)26-16(25)11-7-10(3-4-12(11)18)27-14-5-2-9(6-13(14)19)17(20,21)22;1-5-13-8-6-7-11(2)15(13)17(14(18)9-16)12(3)10-19-4;1-7-6-16-9-5-3-2-4-8(9)14(7)11(15)10(12)13;1-4-10-7-12-6(9)13-8(14-7)11-5(2)3/h2-8H,1H3,(H,23,24);6-8,12H,5,9-10H2,1-4H3;2-5,7,10H,6H2,1H3;5H,4H2,1-3H3,(H2,10,11,12,13,14)/t8-;;;/m0.../s1. The number of ether oxygens (including phenoxy) is 4. The van der Waals surface area contributed by atoms with Gasteiger partial charge in [0.1, 0.15) is 29.7 Å². The quantitative estimate of drug-likeness (QED) is 0.0624. The fraction of sp³-hybridized carbons (Fsp3) is 0.392. The highest BCUT2D eigenvalue weighted by Gasteiger charge is 2.33. The van der Waals surface area contributed by atoms with Crippen molar-refractivity contribution >= 4 is 117 Å². The number of carboxylic acids is 1. The van der Waals surface area contributed by atoms with Gasteiger partial charge in [-0.3, -0.25) is 9.59 Å². The minimum atomic E-state index is -4.56. The third-order valence-corrected chi connectivity index (χ3v) is 11.7. The topological polar surface area (TPSA) is 195 Å². The fourth-order valence-corrected chi connectivity index (χ4v) is 7.77. The first-order valence-corrected chi connectivity index (χ1v) is 25.8. The van der Waals surface area contributed by atoms with Gasteiger partial charge in [-0.2, -0.15) is 28.1 Å². The number of alkyl halides is 6. The van der Waals surface area contributed by atoms with Gasteiger partial charge in [-0.05, 0) is 126 Å². The summed E-state index contributed by atoms with van der Waals surface area (Å²) < 4.78 is 58.8. The summed E-state index contributed by atoms with van der Waals surface area (Å²) in [5.41, 5.74) is 2.81. The summed E-state index contributed by atoms with van der Waals surface area (Å²) in [6.07, 6.45) is -5.08. The number of methoxy groups -OCH3 is 1. The van der Waals surface area contributed by atoms with E-state index in [-0.39, 0.29) is 68.2 Å². The largest absolute Gasteiger partial charge is 0.489 e. The van der Waals surface area contributed by atoms with E-state index in [9.17, 15) is 32.3 Å². The van der Waals surface area contributed by atoms with E-state index in [0.29, 0.717) is 36.9 Å². The first kappa shape index (κ1) is 64.7. The van der Waals surface area contributed by atoms with E-state index in [2.05, 4.69) is 38.6 Å². The Balaban J connectivity index is 0.000000276. The number of aryl methyl sites for hydroxylation is 2. The van der Waals surface area contributed by atoms with Gasteiger partial charge in [-0.1, -0.05) is 83.7 Å². The molecule has 1 aromatic heterocycles. The lowest BCUT2D eigenvalue weighted by atomic mass is 10.0. The number of nitrogens with one attached hydrogen (secondary N) is 2. The number of hydrogen-bond donors (Lipinski definition) is 3. The number of aliphatic carboxylic acids is 1. The van der Waals surface area contributed by atoms with Gasteiger partial charge in [-0.15, -0.1) is 11.6 Å². The number of carbonyl (C=O) groups is 4. The lowest BCUT2D eigenvalue weighted by molar-refractivity contribution is -0.146. The smallest absolute Gasteiger partial charge is 0.416 e. The zero-order chi connectivity index (χ0) is 57.0. The molecule has 2 heterocycles. The lowest BCUT2D eigenvalue weighted by Gasteiger charge is -2.35. The minimum absolute atomic E-state index is 0.0223. The van der Waals surface area contributed by atoms with Crippen molar-refractivity contribution in [1.82, 2.24) is 15.0 Å². The zero-order valence-corrected chi connectivity index (χ0v) is 47.3. The molecule has 2 amide bonds. The number of esters is 1. The summed E-state index contributed by atoms with van der Waals surface area (Å²) >= 11 is 34.5. The van der Waals surface area contributed by atoms with Crippen LogP contribution in [0.1, 0.15) is 75.5 Å². The maximum Gasteiger partial charge on any atom is 0.416 e. The van der Waals surface area contributed by atoms with Gasteiger partial charge < -0.3 is 44.5 Å². The molecule has 76 heavy (non-hydrogen) atoms. The molecule has 25 heteroatoms. The third kappa shape index (κ3) is 19.5. The third-order valence-electron chi connectivity index (χ3n) is 10.3. The van der Waals surface area contributed by atoms with E-state index in [1.54, 1.807) is 16.9 Å². The number of halogens is 9. The van der Waals surface area contributed by atoms with E-state index < -0.39 is 34.6 Å². The highest BCUT2D eigenvalue weighted by atomic mass is 35.5. The normalized spacial score (nSPS) is 13.4. The van der Waals surface area contributed by atoms with Crippen LogP contribution < -0.4 is 29.9 Å². The van der Waals surface area contributed by atoms with Crippen LogP contribution in [0.15, 0.2) is 78.9 Å². The Hall–Kier alpha value is -5.54. The molecule has 5 aromatic rings. The van der Waals surface area contributed by atoms with Crippen LogP contribution in [0.2, 0.25) is 15.3 Å². The second kappa shape index (κ2) is 31.0. The van der Waals surface area contributed by atoms with Gasteiger partial charge in [0, 0.05) is 19.7 Å². The Morgan fingerprint density at radius 3 is 2.16 bits per heavy atom. The number of carboxylic acid groups (broad SMARTS) is 1. The fourth-order valence-electron chi connectivity index (χ4n) is 6.86. The second-order valence-electron chi connectivity index (χ2n) is 16.6. The van der Waals surface area contributed by atoms with Gasteiger partial charge in [-0.25, -0.2) is 9.59 Å². The average Bonchev–Trinajstić information content (AvgIpc) is 3.35. The number of amides is 2. The number of carbonyl (C=O) groups excluding carboxylic acids is 3. The molecular formula is C51H58Cl6F3N7O9. The van der Waals surface area contributed by atoms with E-state index in [4.69, 9.17) is 93.7 Å². The monoisotopic (exact) mass is 1180 g/mol. The Bertz CT molecular complexity index is 2750. The predicted octanol–water partition coefficient (Wildman–Crippen LogP) is 13.0. The molecule has 0 radical (unpaired) electrons. The van der Waals surface area contributed by atoms with Crippen molar-refractivity contribution < 1.29 is 56.4 Å². The van der Waals surface area contributed by atoms with E-state index in [0.717, 1.165) is 60.6 Å². The Labute approximate surface area is 469 Å². The number of fused-ring (bicyclic) bond motifs is 1. The summed E-state index contributed by atoms with van der Waals surface area (Å²) in [5, 5.41) is 14.7. The number of para-hydroxylation sites is 3. The molecule has 0 fully saturated rings. The van der Waals surface area contributed by atoms with E-state index in [1.807, 2.05) is 77.9 Å². The summed E-state index contributed by atoms with van der Waals surface area (Å²) in [6, 6.07) is 19.9. The van der Waals surface area contributed by atoms with Crippen LogP contribution in [0.3, 0.4) is 0 Å². The number of aromatic nitrogens is 3. The Morgan fingerprint density at radius 1 is 0.908 bits per heavy atom. The number of nitrogens with zero attached hydrogens (tertiary/aromatic N) is 5. The Morgan fingerprint density at radius 2 is 1.58 bits per heavy atom. The molecule has 0 aliphatic carbocycles. The highest BCUT2D eigenvalue weighted by molar-refractivity contribution is 6.54. The van der Waals surface area contributed by atoms with Crippen LogP contribution in [0.25, 0.3) is 0 Å². The van der Waals surface area contributed by atoms with Crippen molar-refractivity contribution in [2.24, 2.45) is 0 Å². The SMILES string of the molecule is CC1COc2ccccc2N1C(=O)C(Cl)Cl.CCNc1nc(Cl)nc(NC(C)C)n1.CCc1cccc(C)c1N(C(=O)CCl)C(C)COC.C[C@H](OC(=O)c1cc(Oc2ccc(C(F)(F)F)cc2Cl)ccc1Cl)C(=O)O. The molecule has 0 bridgehead atoms. The molecule has 2 unspecified atom stereocenters. The number of rotatable bonds is 16. The molecule has 1 aliphatic rings. The second-order valence-corrected chi connectivity index (χ2v) is 19.1. The lowest BCUT2D eigenvalue weighted by Crippen LogP contribution is -2.47. The molecule has 414 valence electrons. The van der Waals surface area contributed by atoms with Crippen LogP contribution in [-0.2, 0) is 36.5 Å². The van der Waals surface area contributed by atoms with Crippen LogP contribution in [-0.4, -0.2) is 106 Å². The van der Waals surface area contributed by atoms with Crippen molar-refractivity contribution in [2.75, 3.05) is 53.2 Å². The Kier molecular flexibility index (Phi) is 26.4. The van der Waals surface area contributed by atoms with Gasteiger partial charge in [0.2, 0.25) is 23.1 Å². The van der Waals surface area contributed by atoms with Crippen molar-refractivity contribution in [1.29, 1.82) is 0 Å². The van der Waals surface area contributed by atoms with Crippen molar-refractivity contribution in [2.45, 2.75) is 97.1 Å². The number of hydrogen-bond acceptors (Lipinski definition) is 13. The molecule has 3 atom stereocenters. The van der Waals surface area contributed by atoms with Crippen LogP contribution >= 0.6 is 69.6 Å². The molecule has 0 saturated carbocycles. The molecular weight excluding hydrogens is 1120 g/mol. The molecule has 1 aliphatic heterocycles. The van der Waals surface area contributed by atoms with Crippen LogP contribution in [0.4, 0.5) is 36.4 Å². The first-order chi connectivity index (χ1) is 35.8. The van der Waals surface area contributed by atoms with Gasteiger partial charge in [0.05, 0.1) is 51.2 Å². The molecule has 3 N–H and O–H groups in total. The van der Waals surface area contributed by atoms with E-state index >= 15 is 0 Å². The molecule has 0 saturated heterocycles.